The van der Waals surface area contributed by atoms with Gasteiger partial charge in [-0.15, -0.1) is 0 Å². The third-order valence-electron chi connectivity index (χ3n) is 5.02. The quantitative estimate of drug-likeness (QED) is 0.736. The van der Waals surface area contributed by atoms with Gasteiger partial charge in [-0.05, 0) is 30.7 Å². The van der Waals surface area contributed by atoms with E-state index in [-0.39, 0.29) is 5.82 Å². The van der Waals surface area contributed by atoms with Gasteiger partial charge in [0.05, 0.1) is 0 Å². The van der Waals surface area contributed by atoms with Gasteiger partial charge in [-0.2, -0.15) is 0 Å². The SMILES string of the molecule is Fc1ccc2onc(CN3C4CC3CN(c3ncccn3)C4)c2c1. The van der Waals surface area contributed by atoms with Crippen LogP contribution in [0.4, 0.5) is 10.3 Å². The number of nitrogens with zero attached hydrogens (tertiary/aromatic N) is 5. The Kier molecular flexibility index (Phi) is 3.02. The fourth-order valence-electron chi connectivity index (χ4n) is 3.81. The first-order valence-corrected chi connectivity index (χ1v) is 8.09. The van der Waals surface area contributed by atoms with Gasteiger partial charge in [0.1, 0.15) is 11.5 Å². The highest BCUT2D eigenvalue weighted by molar-refractivity contribution is 5.79. The molecule has 1 aromatic carbocycles. The molecule has 3 aromatic rings. The average molecular weight is 325 g/mol. The number of piperidine rings is 1. The van der Waals surface area contributed by atoms with Crippen molar-refractivity contribution < 1.29 is 8.91 Å². The van der Waals surface area contributed by atoms with Gasteiger partial charge in [0.2, 0.25) is 5.95 Å². The molecule has 122 valence electrons. The van der Waals surface area contributed by atoms with Crippen LogP contribution in [0.3, 0.4) is 0 Å². The van der Waals surface area contributed by atoms with Crippen LogP contribution in [0.5, 0.6) is 0 Å². The normalized spacial score (nSPS) is 23.5. The van der Waals surface area contributed by atoms with E-state index in [1.807, 2.05) is 6.07 Å². The summed E-state index contributed by atoms with van der Waals surface area (Å²) < 4.78 is 18.8. The van der Waals surface area contributed by atoms with Crippen LogP contribution in [0.1, 0.15) is 12.1 Å². The first kappa shape index (κ1) is 13.9. The lowest BCUT2D eigenvalue weighted by Crippen LogP contribution is -2.68. The molecule has 24 heavy (non-hydrogen) atoms. The third kappa shape index (κ3) is 2.16. The Hall–Kier alpha value is -2.54. The van der Waals surface area contributed by atoms with E-state index < -0.39 is 0 Å². The van der Waals surface area contributed by atoms with Crippen LogP contribution in [0, 0.1) is 5.82 Å². The van der Waals surface area contributed by atoms with Crippen molar-refractivity contribution in [2.24, 2.45) is 0 Å². The zero-order valence-corrected chi connectivity index (χ0v) is 13.0. The van der Waals surface area contributed by atoms with Crippen LogP contribution >= 0.6 is 0 Å². The summed E-state index contributed by atoms with van der Waals surface area (Å²) in [4.78, 5) is 13.3. The molecule has 0 amide bonds. The Morgan fingerprint density at radius 1 is 1.17 bits per heavy atom. The van der Waals surface area contributed by atoms with E-state index in [4.69, 9.17) is 4.52 Å². The lowest BCUT2D eigenvalue weighted by atomic mass is 9.87. The summed E-state index contributed by atoms with van der Waals surface area (Å²) in [5.41, 5.74) is 1.44. The number of fused-ring (bicyclic) bond motifs is 3. The second kappa shape index (κ2) is 5.24. The minimum atomic E-state index is -0.261. The Morgan fingerprint density at radius 3 is 2.75 bits per heavy atom. The van der Waals surface area contributed by atoms with E-state index in [9.17, 15) is 4.39 Å². The van der Waals surface area contributed by atoms with Crippen molar-refractivity contribution in [1.82, 2.24) is 20.0 Å². The molecule has 2 bridgehead atoms. The van der Waals surface area contributed by atoms with E-state index in [0.717, 1.165) is 30.1 Å². The molecule has 0 N–H and O–H groups in total. The number of piperazine rings is 1. The molecule has 3 fully saturated rings. The first-order valence-electron chi connectivity index (χ1n) is 8.09. The largest absolute Gasteiger partial charge is 0.356 e. The van der Waals surface area contributed by atoms with Crippen molar-refractivity contribution in [3.63, 3.8) is 0 Å². The molecular weight excluding hydrogens is 309 g/mol. The molecule has 0 aliphatic carbocycles. The number of benzene rings is 1. The molecule has 2 aromatic heterocycles. The van der Waals surface area contributed by atoms with Gasteiger partial charge in [-0.3, -0.25) is 4.90 Å². The number of halogens is 1. The van der Waals surface area contributed by atoms with Crippen LogP contribution < -0.4 is 4.90 Å². The average Bonchev–Trinajstić information content (AvgIpc) is 3.02. The summed E-state index contributed by atoms with van der Waals surface area (Å²) in [6.07, 6.45) is 4.72. The number of rotatable bonds is 3. The smallest absolute Gasteiger partial charge is 0.225 e. The zero-order valence-electron chi connectivity index (χ0n) is 13.0. The second-order valence-corrected chi connectivity index (χ2v) is 6.44. The molecule has 6 rings (SSSR count). The van der Waals surface area contributed by atoms with E-state index in [0.29, 0.717) is 24.2 Å². The van der Waals surface area contributed by atoms with Crippen molar-refractivity contribution in [2.75, 3.05) is 18.0 Å². The Bertz CT molecular complexity index is 871. The monoisotopic (exact) mass is 325 g/mol. The molecule has 5 heterocycles. The van der Waals surface area contributed by atoms with Gasteiger partial charge in [-0.25, -0.2) is 14.4 Å². The van der Waals surface area contributed by atoms with Gasteiger partial charge < -0.3 is 9.42 Å². The number of hydrogen-bond donors (Lipinski definition) is 0. The molecule has 6 nitrogen and oxygen atoms in total. The second-order valence-electron chi connectivity index (χ2n) is 6.44. The van der Waals surface area contributed by atoms with Crippen LogP contribution in [-0.2, 0) is 6.54 Å². The van der Waals surface area contributed by atoms with E-state index in [1.165, 1.54) is 18.6 Å². The maximum absolute atomic E-state index is 13.5. The fraction of sp³-hybridized carbons (Fsp3) is 0.353. The van der Waals surface area contributed by atoms with E-state index >= 15 is 0 Å². The highest BCUT2D eigenvalue weighted by Crippen LogP contribution is 2.35. The van der Waals surface area contributed by atoms with E-state index in [2.05, 4.69) is 24.9 Å². The van der Waals surface area contributed by atoms with Crippen LogP contribution in [-0.4, -0.2) is 45.2 Å². The highest BCUT2D eigenvalue weighted by Gasteiger charge is 2.45. The van der Waals surface area contributed by atoms with Crippen molar-refractivity contribution in [2.45, 2.75) is 25.0 Å². The van der Waals surface area contributed by atoms with Crippen molar-refractivity contribution in [1.29, 1.82) is 0 Å². The van der Waals surface area contributed by atoms with Gasteiger partial charge in [0, 0.05) is 49.5 Å². The molecule has 3 saturated heterocycles. The van der Waals surface area contributed by atoms with Gasteiger partial charge in [0.15, 0.2) is 5.58 Å². The van der Waals surface area contributed by atoms with E-state index in [1.54, 1.807) is 18.5 Å². The Labute approximate surface area is 137 Å². The fourth-order valence-corrected chi connectivity index (χ4v) is 3.81. The van der Waals surface area contributed by atoms with Crippen LogP contribution in [0.25, 0.3) is 11.0 Å². The summed E-state index contributed by atoms with van der Waals surface area (Å²) in [7, 11) is 0. The summed E-state index contributed by atoms with van der Waals surface area (Å²) in [5.74, 6) is 0.531. The topological polar surface area (TPSA) is 58.3 Å². The van der Waals surface area contributed by atoms with Crippen LogP contribution in [0.15, 0.2) is 41.2 Å². The van der Waals surface area contributed by atoms with Gasteiger partial charge in [-0.1, -0.05) is 5.16 Å². The van der Waals surface area contributed by atoms with Crippen molar-refractivity contribution in [3.05, 3.63) is 48.2 Å². The predicted octanol–water partition coefficient (Wildman–Crippen LogP) is 2.22. The maximum Gasteiger partial charge on any atom is 0.225 e. The molecule has 0 saturated carbocycles. The van der Waals surface area contributed by atoms with Crippen molar-refractivity contribution >= 4 is 16.9 Å². The summed E-state index contributed by atoms with van der Waals surface area (Å²) >= 11 is 0. The number of hydrogen-bond acceptors (Lipinski definition) is 6. The zero-order chi connectivity index (χ0) is 16.1. The standard InChI is InChI=1S/C17H16FN5O/c18-11-2-3-16-14(6-11)15(21-24-16)10-23-12-7-13(23)9-22(8-12)17-19-4-1-5-20-17/h1-6,12-13H,7-10H2. The molecule has 2 unspecified atom stereocenters. The molecular formula is C17H16FN5O. The van der Waals surface area contributed by atoms with Gasteiger partial charge >= 0.3 is 0 Å². The molecule has 0 spiro atoms. The molecule has 3 aliphatic heterocycles. The lowest BCUT2D eigenvalue weighted by Gasteiger charge is -2.56. The number of anilines is 1. The predicted molar refractivity (Wildman–Crippen MR) is 85.9 cm³/mol. The first-order chi connectivity index (χ1) is 11.8. The Balaban J connectivity index is 1.34. The molecule has 0 radical (unpaired) electrons. The third-order valence-corrected chi connectivity index (χ3v) is 5.02. The van der Waals surface area contributed by atoms with Gasteiger partial charge in [0.25, 0.3) is 0 Å². The van der Waals surface area contributed by atoms with Crippen LogP contribution in [0.2, 0.25) is 0 Å². The summed E-state index contributed by atoms with van der Waals surface area (Å²) in [5, 5.41) is 4.91. The Morgan fingerprint density at radius 2 is 1.96 bits per heavy atom. The summed E-state index contributed by atoms with van der Waals surface area (Å²) in [6, 6.07) is 7.26. The highest BCUT2D eigenvalue weighted by atomic mass is 19.1. The minimum Gasteiger partial charge on any atom is -0.356 e. The lowest BCUT2D eigenvalue weighted by molar-refractivity contribution is -0.0103. The molecule has 7 heteroatoms. The van der Waals surface area contributed by atoms with Crippen molar-refractivity contribution in [3.8, 4) is 0 Å². The maximum atomic E-state index is 13.5. The minimum absolute atomic E-state index is 0.261. The molecule has 3 aliphatic rings. The number of aromatic nitrogens is 3. The molecule has 2 atom stereocenters. The summed E-state index contributed by atoms with van der Waals surface area (Å²) in [6.45, 7) is 2.50.